The first-order chi connectivity index (χ1) is 29.7. The van der Waals surface area contributed by atoms with Gasteiger partial charge in [-0.3, -0.25) is 0 Å². The van der Waals surface area contributed by atoms with Crippen molar-refractivity contribution in [2.75, 3.05) is 4.90 Å². The molecule has 0 aliphatic heterocycles. The van der Waals surface area contributed by atoms with E-state index < -0.39 is 0 Å². The lowest BCUT2D eigenvalue weighted by molar-refractivity contribution is 0.669. The number of hydrogen-bond acceptors (Lipinski definition) is 2. The highest BCUT2D eigenvalue weighted by atomic mass is 16.3. The third kappa shape index (κ3) is 6.41. The molecule has 0 spiro atoms. The first-order valence-electron chi connectivity index (χ1n) is 20.5. The predicted octanol–water partition coefficient (Wildman–Crippen LogP) is 16.5. The average molecular weight is 766 g/mol. The summed E-state index contributed by atoms with van der Waals surface area (Å²) < 4.78 is 6.30. The number of benzene rings is 10. The first kappa shape index (κ1) is 35.2. The monoisotopic (exact) mass is 765 g/mol. The lowest BCUT2D eigenvalue weighted by Gasteiger charge is -2.30. The van der Waals surface area contributed by atoms with Crippen molar-refractivity contribution in [2.45, 2.75) is 0 Å². The van der Waals surface area contributed by atoms with Crippen molar-refractivity contribution < 1.29 is 4.42 Å². The van der Waals surface area contributed by atoms with Crippen LogP contribution in [0.2, 0.25) is 0 Å². The minimum atomic E-state index is 0.906. The summed E-state index contributed by atoms with van der Waals surface area (Å²) in [6, 6.07) is 85.0. The minimum Gasteiger partial charge on any atom is -0.456 e. The Morgan fingerprint density at radius 1 is 0.283 bits per heavy atom. The van der Waals surface area contributed by atoms with Gasteiger partial charge < -0.3 is 9.32 Å². The molecule has 0 saturated carbocycles. The Morgan fingerprint density at radius 3 is 1.48 bits per heavy atom. The Balaban J connectivity index is 1.10. The molecule has 0 radical (unpaired) electrons. The first-order valence-corrected chi connectivity index (χ1v) is 20.5. The molecule has 0 saturated heterocycles. The molecule has 0 aliphatic carbocycles. The normalized spacial score (nSPS) is 11.3. The molecule has 282 valence electrons. The van der Waals surface area contributed by atoms with Gasteiger partial charge in [-0.2, -0.15) is 0 Å². The molecule has 0 fully saturated rings. The molecule has 0 aliphatic rings. The van der Waals surface area contributed by atoms with E-state index in [2.05, 4.69) is 235 Å². The van der Waals surface area contributed by atoms with Crippen LogP contribution in [-0.2, 0) is 0 Å². The van der Waals surface area contributed by atoms with Crippen molar-refractivity contribution in [3.8, 4) is 55.6 Å². The molecule has 0 atom stereocenters. The molecule has 1 heterocycles. The average Bonchev–Trinajstić information content (AvgIpc) is 3.72. The van der Waals surface area contributed by atoms with E-state index in [9.17, 15) is 0 Å². The summed E-state index contributed by atoms with van der Waals surface area (Å²) in [5, 5.41) is 4.67. The fourth-order valence-electron chi connectivity index (χ4n) is 8.71. The number of hydrogen-bond donors (Lipinski definition) is 0. The topological polar surface area (TPSA) is 16.4 Å². The largest absolute Gasteiger partial charge is 0.456 e. The lowest BCUT2D eigenvalue weighted by atomic mass is 9.93. The molecule has 11 aromatic rings. The zero-order valence-corrected chi connectivity index (χ0v) is 32.9. The van der Waals surface area contributed by atoms with Gasteiger partial charge in [0.15, 0.2) is 0 Å². The van der Waals surface area contributed by atoms with Gasteiger partial charge in [-0.05, 0) is 104 Å². The number of para-hydroxylation sites is 2. The SMILES string of the molecule is c1ccc(-c2ccc(-c3ccccc3N(c3ccc(-c4ccccc4)cc3)c3ccc(-c4ccc5ccc6oc7ccccc7c6c5c4)cc3-c3ccccc3)cc2)cc1. The van der Waals surface area contributed by atoms with Crippen molar-refractivity contribution in [3.63, 3.8) is 0 Å². The van der Waals surface area contributed by atoms with Gasteiger partial charge in [0.1, 0.15) is 11.2 Å². The van der Waals surface area contributed by atoms with Crippen LogP contribution in [0.25, 0.3) is 88.3 Å². The third-order valence-corrected chi connectivity index (χ3v) is 11.7. The van der Waals surface area contributed by atoms with E-state index in [1.165, 1.54) is 33.0 Å². The molecule has 0 N–H and O–H groups in total. The minimum absolute atomic E-state index is 0.906. The summed E-state index contributed by atoms with van der Waals surface area (Å²) >= 11 is 0. The van der Waals surface area contributed by atoms with Crippen LogP contribution in [0.4, 0.5) is 17.1 Å². The number of furan rings is 1. The number of nitrogens with zero attached hydrogens (tertiary/aromatic N) is 1. The van der Waals surface area contributed by atoms with Crippen LogP contribution in [0.3, 0.4) is 0 Å². The van der Waals surface area contributed by atoms with Crippen molar-refractivity contribution in [2.24, 2.45) is 0 Å². The maximum atomic E-state index is 6.30. The molecule has 2 heteroatoms. The molecule has 11 rings (SSSR count). The second-order valence-electron chi connectivity index (χ2n) is 15.3. The molecule has 0 amide bonds. The lowest BCUT2D eigenvalue weighted by Crippen LogP contribution is -2.12. The van der Waals surface area contributed by atoms with E-state index in [4.69, 9.17) is 4.42 Å². The van der Waals surface area contributed by atoms with Gasteiger partial charge in [0.25, 0.3) is 0 Å². The maximum Gasteiger partial charge on any atom is 0.136 e. The smallest absolute Gasteiger partial charge is 0.136 e. The van der Waals surface area contributed by atoms with Gasteiger partial charge in [-0.25, -0.2) is 0 Å². The highest BCUT2D eigenvalue weighted by molar-refractivity contribution is 6.19. The molecule has 10 aromatic carbocycles. The summed E-state index contributed by atoms with van der Waals surface area (Å²) in [4.78, 5) is 2.43. The van der Waals surface area contributed by atoms with E-state index in [0.717, 1.165) is 72.4 Å². The molecule has 2 nitrogen and oxygen atoms in total. The second kappa shape index (κ2) is 15.1. The van der Waals surface area contributed by atoms with Gasteiger partial charge >= 0.3 is 0 Å². The van der Waals surface area contributed by atoms with Crippen LogP contribution in [0.15, 0.2) is 241 Å². The third-order valence-electron chi connectivity index (χ3n) is 11.7. The van der Waals surface area contributed by atoms with Gasteiger partial charge in [0.2, 0.25) is 0 Å². The highest BCUT2D eigenvalue weighted by Gasteiger charge is 2.22. The summed E-state index contributed by atoms with van der Waals surface area (Å²) in [7, 11) is 0. The Kier molecular flexibility index (Phi) is 8.87. The molecular formula is C58H39NO. The van der Waals surface area contributed by atoms with E-state index in [1.807, 2.05) is 6.07 Å². The van der Waals surface area contributed by atoms with Gasteiger partial charge in [0, 0.05) is 27.6 Å². The fourth-order valence-corrected chi connectivity index (χ4v) is 8.71. The molecular weight excluding hydrogens is 727 g/mol. The quantitative estimate of drug-likeness (QED) is 0.153. The van der Waals surface area contributed by atoms with Crippen LogP contribution >= 0.6 is 0 Å². The second-order valence-corrected chi connectivity index (χ2v) is 15.3. The van der Waals surface area contributed by atoms with E-state index in [0.29, 0.717) is 0 Å². The zero-order valence-electron chi connectivity index (χ0n) is 32.9. The number of fused-ring (bicyclic) bond motifs is 5. The van der Waals surface area contributed by atoms with Gasteiger partial charge in [-0.15, -0.1) is 0 Å². The summed E-state index contributed by atoms with van der Waals surface area (Å²) in [5.41, 5.74) is 16.8. The summed E-state index contributed by atoms with van der Waals surface area (Å²) in [6.45, 7) is 0. The Labute approximate surface area is 349 Å². The zero-order chi connectivity index (χ0) is 39.8. The highest BCUT2D eigenvalue weighted by Crippen LogP contribution is 2.47. The van der Waals surface area contributed by atoms with E-state index in [-0.39, 0.29) is 0 Å². The van der Waals surface area contributed by atoms with Gasteiger partial charge in [0.05, 0.1) is 11.4 Å². The van der Waals surface area contributed by atoms with Gasteiger partial charge in [-0.1, -0.05) is 188 Å². The van der Waals surface area contributed by atoms with Crippen molar-refractivity contribution in [1.29, 1.82) is 0 Å². The van der Waals surface area contributed by atoms with Crippen LogP contribution in [0.5, 0.6) is 0 Å². The molecule has 60 heavy (non-hydrogen) atoms. The van der Waals surface area contributed by atoms with Crippen molar-refractivity contribution >= 4 is 49.8 Å². The molecule has 1 aromatic heterocycles. The van der Waals surface area contributed by atoms with Crippen molar-refractivity contribution in [3.05, 3.63) is 237 Å². The Hall–Kier alpha value is -7.94. The van der Waals surface area contributed by atoms with E-state index >= 15 is 0 Å². The maximum absolute atomic E-state index is 6.30. The van der Waals surface area contributed by atoms with E-state index in [1.54, 1.807) is 0 Å². The predicted molar refractivity (Wildman–Crippen MR) is 253 cm³/mol. The number of anilines is 3. The summed E-state index contributed by atoms with van der Waals surface area (Å²) in [6.07, 6.45) is 0. The molecule has 0 unspecified atom stereocenters. The number of rotatable bonds is 8. The van der Waals surface area contributed by atoms with Crippen molar-refractivity contribution in [1.82, 2.24) is 0 Å². The summed E-state index contributed by atoms with van der Waals surface area (Å²) in [5.74, 6) is 0. The molecule has 0 bridgehead atoms. The fraction of sp³-hybridized carbons (Fsp3) is 0. The van der Waals surface area contributed by atoms with Crippen LogP contribution in [0, 0.1) is 0 Å². The Bertz CT molecular complexity index is 3280. The standard InChI is InChI=1S/C58H39NO/c1-4-14-40(15-5-1)42-24-26-45(27-25-42)50-20-10-12-22-54(50)59(49-34-30-43(31-35-49)41-16-6-2-7-17-41)55-36-32-48(38-52(55)44-18-8-3-9-19-44)47-29-28-46-33-37-57-58(53(46)39-47)51-21-11-13-23-56(51)60-57/h1-39H. The van der Waals surface area contributed by atoms with Crippen LogP contribution in [-0.4, -0.2) is 0 Å². The van der Waals surface area contributed by atoms with Crippen LogP contribution in [0.1, 0.15) is 0 Å². The Morgan fingerprint density at radius 2 is 0.767 bits per heavy atom. The van der Waals surface area contributed by atoms with Crippen LogP contribution < -0.4 is 4.90 Å².